The first-order chi connectivity index (χ1) is 14.5. The number of aryl methyl sites for hydroxylation is 1. The van der Waals surface area contributed by atoms with Crippen molar-refractivity contribution >= 4 is 17.1 Å². The van der Waals surface area contributed by atoms with Crippen LogP contribution in [0.15, 0.2) is 39.9 Å². The maximum Gasteiger partial charge on any atom is 0.329 e. The lowest BCUT2D eigenvalue weighted by Gasteiger charge is -2.24. The maximum absolute atomic E-state index is 12.5. The normalized spacial score (nSPS) is 12.3. The molecule has 11 nitrogen and oxygen atoms in total. The second kappa shape index (κ2) is 9.57. The third-order valence-electron chi connectivity index (χ3n) is 4.59. The molecule has 0 aliphatic rings. The number of nitrogens with zero attached hydrogens (tertiary/aromatic N) is 4. The third-order valence-corrected chi connectivity index (χ3v) is 4.59. The molecular formula is C19H25N5O6. The van der Waals surface area contributed by atoms with Gasteiger partial charge in [-0.15, -0.1) is 0 Å². The Balaban J connectivity index is 1.99. The number of nitrogens with one attached hydrogen (secondary N) is 1. The smallest absolute Gasteiger partial charge is 0.329 e. The van der Waals surface area contributed by atoms with Crippen molar-refractivity contribution in [3.63, 3.8) is 0 Å². The molecule has 11 heteroatoms. The van der Waals surface area contributed by atoms with Gasteiger partial charge < -0.3 is 29.5 Å². The monoisotopic (exact) mass is 419 g/mol. The Bertz CT molecular complexity index is 1080. The fraction of sp³-hybridized carbons (Fsp3) is 0.421. The molecule has 1 atom stereocenters. The summed E-state index contributed by atoms with van der Waals surface area (Å²) in [6.45, 7) is -0.213. The number of rotatable bonds is 10. The summed E-state index contributed by atoms with van der Waals surface area (Å²) < 4.78 is 8.24. The zero-order valence-corrected chi connectivity index (χ0v) is 16.6. The minimum Gasteiger partial charge on any atom is -0.491 e. The number of anilines is 1. The van der Waals surface area contributed by atoms with E-state index in [4.69, 9.17) is 4.74 Å². The van der Waals surface area contributed by atoms with Crippen molar-refractivity contribution in [3.05, 3.63) is 51.2 Å². The number of imidazole rings is 1. The molecule has 0 radical (unpaired) electrons. The second-order valence-corrected chi connectivity index (χ2v) is 6.73. The molecule has 162 valence electrons. The molecule has 3 aromatic rings. The number of aromatic amines is 1. The Morgan fingerprint density at radius 1 is 1.17 bits per heavy atom. The van der Waals surface area contributed by atoms with Gasteiger partial charge in [0.1, 0.15) is 18.5 Å². The molecule has 0 saturated carbocycles. The molecule has 2 heterocycles. The quantitative estimate of drug-likeness (QED) is 0.316. The lowest BCUT2D eigenvalue weighted by molar-refractivity contribution is 0.0936. The summed E-state index contributed by atoms with van der Waals surface area (Å²) in [5.41, 5.74) is -1.02. The summed E-state index contributed by atoms with van der Waals surface area (Å²) >= 11 is 0. The summed E-state index contributed by atoms with van der Waals surface area (Å²) in [6.07, 6.45) is -0.997. The standard InChI is InChI=1S/C19H25N5O6/c1-22-16-15(17(28)21-19(22)29)24(18(20-16)23(7-9-25)8-10-26)11-13(27)12-30-14-5-3-2-4-6-14/h2-6,13,25-27H,7-12H2,1H3,(H,21,28,29). The first kappa shape index (κ1) is 21.6. The SMILES string of the molecule is Cn1c(=O)[nH]c(=O)c2c1nc(N(CCO)CCO)n2CC(O)COc1ccccc1. The highest BCUT2D eigenvalue weighted by molar-refractivity contribution is 5.74. The molecule has 0 amide bonds. The zero-order valence-electron chi connectivity index (χ0n) is 16.6. The number of benzene rings is 1. The second-order valence-electron chi connectivity index (χ2n) is 6.73. The van der Waals surface area contributed by atoms with E-state index in [0.29, 0.717) is 5.75 Å². The van der Waals surface area contributed by atoms with Gasteiger partial charge >= 0.3 is 5.69 Å². The van der Waals surface area contributed by atoms with Crippen LogP contribution in [0.5, 0.6) is 5.75 Å². The minimum atomic E-state index is -0.997. The third kappa shape index (κ3) is 4.53. The van der Waals surface area contributed by atoms with E-state index in [1.807, 2.05) is 18.2 Å². The van der Waals surface area contributed by atoms with Crippen molar-refractivity contribution in [2.45, 2.75) is 12.6 Å². The van der Waals surface area contributed by atoms with Gasteiger partial charge in [-0.05, 0) is 12.1 Å². The summed E-state index contributed by atoms with van der Waals surface area (Å²) in [7, 11) is 1.47. The average Bonchev–Trinajstić information content (AvgIpc) is 3.11. The molecule has 4 N–H and O–H groups in total. The van der Waals surface area contributed by atoms with Gasteiger partial charge in [0, 0.05) is 20.1 Å². The van der Waals surface area contributed by atoms with Crippen LogP contribution < -0.4 is 20.9 Å². The van der Waals surface area contributed by atoms with E-state index in [-0.39, 0.29) is 56.6 Å². The Labute approximate surface area is 171 Å². The fourth-order valence-corrected chi connectivity index (χ4v) is 3.16. The Hall–Kier alpha value is -3.15. The summed E-state index contributed by atoms with van der Waals surface area (Å²) in [5.74, 6) is 0.841. The van der Waals surface area contributed by atoms with Crippen LogP contribution in [0, 0.1) is 0 Å². The number of hydrogen-bond donors (Lipinski definition) is 4. The number of aliphatic hydroxyl groups is 3. The number of aliphatic hydroxyl groups excluding tert-OH is 3. The molecule has 3 rings (SSSR count). The van der Waals surface area contributed by atoms with Crippen molar-refractivity contribution in [1.82, 2.24) is 19.1 Å². The summed E-state index contributed by atoms with van der Waals surface area (Å²) in [4.78, 5) is 32.7. The van der Waals surface area contributed by atoms with Crippen LogP contribution >= 0.6 is 0 Å². The van der Waals surface area contributed by atoms with Gasteiger partial charge in [-0.1, -0.05) is 18.2 Å². The van der Waals surface area contributed by atoms with E-state index in [2.05, 4.69) is 9.97 Å². The van der Waals surface area contributed by atoms with E-state index in [1.54, 1.807) is 17.0 Å². The number of ether oxygens (including phenoxy) is 1. The van der Waals surface area contributed by atoms with Crippen LogP contribution in [0.4, 0.5) is 5.95 Å². The highest BCUT2D eigenvalue weighted by atomic mass is 16.5. The van der Waals surface area contributed by atoms with Crippen molar-refractivity contribution in [1.29, 1.82) is 0 Å². The molecule has 2 aromatic heterocycles. The molecule has 0 saturated heterocycles. The van der Waals surface area contributed by atoms with Gasteiger partial charge in [0.15, 0.2) is 11.2 Å². The molecule has 1 aromatic carbocycles. The largest absolute Gasteiger partial charge is 0.491 e. The minimum absolute atomic E-state index is 0.0349. The van der Waals surface area contributed by atoms with E-state index in [1.165, 1.54) is 16.2 Å². The summed E-state index contributed by atoms with van der Waals surface area (Å²) in [6, 6.07) is 8.99. The van der Waals surface area contributed by atoms with Gasteiger partial charge in [0.05, 0.1) is 19.8 Å². The highest BCUT2D eigenvalue weighted by Gasteiger charge is 2.23. The highest BCUT2D eigenvalue weighted by Crippen LogP contribution is 2.20. The predicted octanol–water partition coefficient (Wildman–Crippen LogP) is -1.35. The van der Waals surface area contributed by atoms with Gasteiger partial charge in [0.2, 0.25) is 5.95 Å². The van der Waals surface area contributed by atoms with Gasteiger partial charge in [-0.2, -0.15) is 4.98 Å². The van der Waals surface area contributed by atoms with E-state index >= 15 is 0 Å². The van der Waals surface area contributed by atoms with E-state index < -0.39 is 17.4 Å². The van der Waals surface area contributed by atoms with Crippen LogP contribution in [0.2, 0.25) is 0 Å². The Morgan fingerprint density at radius 2 is 1.83 bits per heavy atom. The first-order valence-electron chi connectivity index (χ1n) is 9.48. The van der Waals surface area contributed by atoms with Crippen LogP contribution in [0.1, 0.15) is 0 Å². The van der Waals surface area contributed by atoms with Crippen molar-refractivity contribution in [3.8, 4) is 5.75 Å². The van der Waals surface area contributed by atoms with Crippen LogP contribution in [0.3, 0.4) is 0 Å². The predicted molar refractivity (Wildman–Crippen MR) is 110 cm³/mol. The fourth-order valence-electron chi connectivity index (χ4n) is 3.16. The number of aromatic nitrogens is 4. The van der Waals surface area contributed by atoms with Crippen LogP contribution in [-0.4, -0.2) is 73.4 Å². The lowest BCUT2D eigenvalue weighted by Crippen LogP contribution is -2.34. The van der Waals surface area contributed by atoms with Gasteiger partial charge in [0.25, 0.3) is 5.56 Å². The molecular weight excluding hydrogens is 394 g/mol. The molecule has 0 bridgehead atoms. The summed E-state index contributed by atoms with van der Waals surface area (Å²) in [5, 5.41) is 29.3. The molecule has 0 spiro atoms. The molecule has 0 aliphatic heterocycles. The number of hydrogen-bond acceptors (Lipinski definition) is 8. The number of fused-ring (bicyclic) bond motifs is 1. The molecule has 0 aliphatic carbocycles. The van der Waals surface area contributed by atoms with E-state index in [9.17, 15) is 24.9 Å². The van der Waals surface area contributed by atoms with Crippen molar-refractivity contribution in [2.75, 3.05) is 37.8 Å². The van der Waals surface area contributed by atoms with Gasteiger partial charge in [-0.25, -0.2) is 4.79 Å². The number of H-pyrrole nitrogens is 1. The topological polar surface area (TPSA) is 146 Å². The van der Waals surface area contributed by atoms with Gasteiger partial charge in [-0.3, -0.25) is 14.3 Å². The number of para-hydroxylation sites is 1. The van der Waals surface area contributed by atoms with Crippen LogP contribution in [-0.2, 0) is 13.6 Å². The van der Waals surface area contributed by atoms with Crippen LogP contribution in [0.25, 0.3) is 11.2 Å². The lowest BCUT2D eigenvalue weighted by atomic mass is 10.3. The Kier molecular flexibility index (Phi) is 6.87. The van der Waals surface area contributed by atoms with Crippen molar-refractivity contribution < 1.29 is 20.1 Å². The average molecular weight is 419 g/mol. The molecule has 30 heavy (non-hydrogen) atoms. The first-order valence-corrected chi connectivity index (χ1v) is 9.48. The van der Waals surface area contributed by atoms with Crippen molar-refractivity contribution in [2.24, 2.45) is 7.05 Å². The maximum atomic E-state index is 12.5. The van der Waals surface area contributed by atoms with E-state index in [0.717, 1.165) is 0 Å². The zero-order chi connectivity index (χ0) is 21.7. The molecule has 1 unspecified atom stereocenters. The molecule has 0 fully saturated rings. The Morgan fingerprint density at radius 3 is 2.47 bits per heavy atom.